The molecule has 0 rings (SSSR count). The van der Waals surface area contributed by atoms with Crippen LogP contribution in [0.15, 0.2) is 0 Å². The maximum atomic E-state index is 10.7. The molecule has 0 saturated carbocycles. The van der Waals surface area contributed by atoms with Crippen molar-refractivity contribution in [1.82, 2.24) is 0 Å². The Kier molecular flexibility index (Phi) is 4.19. The van der Waals surface area contributed by atoms with E-state index in [0.29, 0.717) is 0 Å². The number of carboxylic acid groups (broad SMARTS) is 2. The molecule has 0 saturated heterocycles. The molecular weight excluding hydrogens is 296 g/mol. The SMILES string of the molecule is CC(C(=O)O)C(Br)(CBr)C(=O)O. The Bertz CT molecular complexity index is 206. The predicted octanol–water partition coefficient (Wildman–Crippen LogP) is 1.32. The molecule has 0 radical (unpaired) electrons. The first-order chi connectivity index (χ1) is 5.36. The van der Waals surface area contributed by atoms with Crippen LogP contribution in [0.25, 0.3) is 0 Å². The standard InChI is InChI=1S/C6H8Br2O4/c1-3(4(9)10)6(8,2-7)5(11)12/h3H,2H2,1H3,(H,9,10)(H,11,12). The Labute approximate surface area is 86.2 Å². The predicted molar refractivity (Wildman–Crippen MR) is 49.9 cm³/mol. The van der Waals surface area contributed by atoms with Crippen LogP contribution < -0.4 is 0 Å². The van der Waals surface area contributed by atoms with Gasteiger partial charge in [0, 0.05) is 5.33 Å². The third kappa shape index (κ3) is 2.20. The molecule has 4 nitrogen and oxygen atoms in total. The quantitative estimate of drug-likeness (QED) is 0.768. The topological polar surface area (TPSA) is 74.6 Å². The van der Waals surface area contributed by atoms with E-state index in [2.05, 4.69) is 31.9 Å². The van der Waals surface area contributed by atoms with Crippen molar-refractivity contribution in [2.75, 3.05) is 5.33 Å². The second-order valence-electron chi connectivity index (χ2n) is 2.36. The van der Waals surface area contributed by atoms with Crippen molar-refractivity contribution in [3.05, 3.63) is 0 Å². The number of carboxylic acids is 2. The summed E-state index contributed by atoms with van der Waals surface area (Å²) in [6.45, 7) is 1.34. The van der Waals surface area contributed by atoms with E-state index < -0.39 is 22.2 Å². The van der Waals surface area contributed by atoms with Crippen molar-refractivity contribution in [2.45, 2.75) is 11.2 Å². The van der Waals surface area contributed by atoms with E-state index in [1.807, 2.05) is 0 Å². The van der Waals surface area contributed by atoms with Gasteiger partial charge in [-0.25, -0.2) is 0 Å². The zero-order valence-corrected chi connectivity index (χ0v) is 9.42. The molecule has 0 aromatic rings. The van der Waals surface area contributed by atoms with Crippen LogP contribution in [0, 0.1) is 5.92 Å². The highest BCUT2D eigenvalue weighted by Gasteiger charge is 2.44. The van der Waals surface area contributed by atoms with Crippen LogP contribution in [0.3, 0.4) is 0 Å². The minimum Gasteiger partial charge on any atom is -0.481 e. The summed E-state index contributed by atoms with van der Waals surface area (Å²) >= 11 is 5.84. The first kappa shape index (κ1) is 11.9. The minimum atomic E-state index is -1.43. The van der Waals surface area contributed by atoms with E-state index in [4.69, 9.17) is 10.2 Å². The first-order valence-corrected chi connectivity index (χ1v) is 4.98. The molecule has 2 atom stereocenters. The molecular formula is C6H8Br2O4. The Morgan fingerprint density at radius 1 is 1.50 bits per heavy atom. The van der Waals surface area contributed by atoms with Gasteiger partial charge in [-0.05, 0) is 6.92 Å². The Morgan fingerprint density at radius 3 is 2.00 bits per heavy atom. The van der Waals surface area contributed by atoms with Gasteiger partial charge in [0.15, 0.2) is 0 Å². The van der Waals surface area contributed by atoms with Crippen molar-refractivity contribution in [2.24, 2.45) is 5.92 Å². The molecule has 0 bridgehead atoms. The lowest BCUT2D eigenvalue weighted by Crippen LogP contribution is -2.44. The fourth-order valence-corrected chi connectivity index (χ4v) is 1.48. The largest absolute Gasteiger partial charge is 0.481 e. The fourth-order valence-electron chi connectivity index (χ4n) is 0.554. The highest BCUT2D eigenvalue weighted by molar-refractivity contribution is 9.12. The molecule has 2 N–H and O–H groups in total. The molecule has 0 amide bonds. The van der Waals surface area contributed by atoms with E-state index in [-0.39, 0.29) is 5.33 Å². The van der Waals surface area contributed by atoms with E-state index in [1.165, 1.54) is 6.92 Å². The average molecular weight is 304 g/mol. The van der Waals surface area contributed by atoms with Gasteiger partial charge in [-0.1, -0.05) is 31.9 Å². The van der Waals surface area contributed by atoms with Crippen LogP contribution in [-0.4, -0.2) is 31.8 Å². The zero-order valence-electron chi connectivity index (χ0n) is 6.25. The number of rotatable bonds is 4. The van der Waals surface area contributed by atoms with Gasteiger partial charge in [-0.15, -0.1) is 0 Å². The molecule has 0 aliphatic rings. The summed E-state index contributed by atoms with van der Waals surface area (Å²) in [5.74, 6) is -3.32. The molecule has 0 aliphatic carbocycles. The zero-order chi connectivity index (χ0) is 9.94. The van der Waals surface area contributed by atoms with Crippen LogP contribution in [0.1, 0.15) is 6.92 Å². The third-order valence-corrected chi connectivity index (χ3v) is 4.55. The molecule has 6 heteroatoms. The molecule has 12 heavy (non-hydrogen) atoms. The van der Waals surface area contributed by atoms with Crippen molar-refractivity contribution < 1.29 is 19.8 Å². The molecule has 0 spiro atoms. The number of alkyl halides is 2. The van der Waals surface area contributed by atoms with Crippen LogP contribution >= 0.6 is 31.9 Å². The fraction of sp³-hybridized carbons (Fsp3) is 0.667. The normalized spacial score (nSPS) is 17.9. The maximum Gasteiger partial charge on any atom is 0.322 e. The van der Waals surface area contributed by atoms with Gasteiger partial charge in [-0.2, -0.15) is 0 Å². The summed E-state index contributed by atoms with van der Waals surface area (Å²) in [5.41, 5.74) is 0. The minimum absolute atomic E-state index is 0.0444. The smallest absolute Gasteiger partial charge is 0.322 e. The lowest BCUT2D eigenvalue weighted by molar-refractivity contribution is -0.149. The number of aliphatic carboxylic acids is 2. The summed E-state index contributed by atoms with van der Waals surface area (Å²) in [6.07, 6.45) is 0. The summed E-state index contributed by atoms with van der Waals surface area (Å²) in [7, 11) is 0. The number of carbonyl (C=O) groups is 2. The molecule has 70 valence electrons. The van der Waals surface area contributed by atoms with Crippen molar-refractivity contribution in [1.29, 1.82) is 0 Å². The lowest BCUT2D eigenvalue weighted by Gasteiger charge is -2.23. The van der Waals surface area contributed by atoms with Gasteiger partial charge in [0.1, 0.15) is 4.32 Å². The Morgan fingerprint density at radius 2 is 1.92 bits per heavy atom. The van der Waals surface area contributed by atoms with E-state index >= 15 is 0 Å². The van der Waals surface area contributed by atoms with Crippen LogP contribution in [-0.2, 0) is 9.59 Å². The maximum absolute atomic E-state index is 10.7. The monoisotopic (exact) mass is 302 g/mol. The van der Waals surface area contributed by atoms with Crippen LogP contribution in [0.4, 0.5) is 0 Å². The molecule has 0 aromatic heterocycles. The first-order valence-electron chi connectivity index (χ1n) is 3.07. The number of hydrogen-bond acceptors (Lipinski definition) is 2. The van der Waals surface area contributed by atoms with Crippen molar-refractivity contribution in [3.8, 4) is 0 Å². The van der Waals surface area contributed by atoms with Crippen LogP contribution in [0.2, 0.25) is 0 Å². The van der Waals surface area contributed by atoms with Crippen molar-refractivity contribution >= 4 is 43.8 Å². The summed E-state index contributed by atoms with van der Waals surface area (Å²) < 4.78 is -1.43. The second kappa shape index (κ2) is 4.23. The lowest BCUT2D eigenvalue weighted by atomic mass is 9.96. The van der Waals surface area contributed by atoms with Gasteiger partial charge < -0.3 is 10.2 Å². The van der Waals surface area contributed by atoms with E-state index in [9.17, 15) is 9.59 Å². The van der Waals surface area contributed by atoms with Crippen LogP contribution in [0.5, 0.6) is 0 Å². The molecule has 0 heterocycles. The summed E-state index contributed by atoms with van der Waals surface area (Å²) in [4.78, 5) is 21.2. The second-order valence-corrected chi connectivity index (χ2v) is 4.34. The molecule has 0 fully saturated rings. The summed E-state index contributed by atoms with van der Waals surface area (Å²) in [6, 6.07) is 0. The Balaban J connectivity index is 4.75. The number of hydrogen-bond donors (Lipinski definition) is 2. The van der Waals surface area contributed by atoms with E-state index in [0.717, 1.165) is 0 Å². The van der Waals surface area contributed by atoms with Crippen molar-refractivity contribution in [3.63, 3.8) is 0 Å². The summed E-state index contributed by atoms with van der Waals surface area (Å²) in [5, 5.41) is 17.3. The van der Waals surface area contributed by atoms with Gasteiger partial charge >= 0.3 is 11.9 Å². The highest BCUT2D eigenvalue weighted by atomic mass is 79.9. The molecule has 0 aliphatic heterocycles. The molecule has 2 unspecified atom stereocenters. The third-order valence-electron chi connectivity index (χ3n) is 1.61. The molecule has 0 aromatic carbocycles. The van der Waals surface area contributed by atoms with Gasteiger partial charge in [0.2, 0.25) is 0 Å². The number of halogens is 2. The highest BCUT2D eigenvalue weighted by Crippen LogP contribution is 2.30. The Hall–Kier alpha value is -0.100. The average Bonchev–Trinajstić information content (AvgIpc) is 2.01. The van der Waals surface area contributed by atoms with Gasteiger partial charge in [-0.3, -0.25) is 9.59 Å². The van der Waals surface area contributed by atoms with Gasteiger partial charge in [0.05, 0.1) is 5.92 Å². The van der Waals surface area contributed by atoms with E-state index in [1.54, 1.807) is 0 Å². The van der Waals surface area contributed by atoms with Gasteiger partial charge in [0.25, 0.3) is 0 Å².